The zero-order chi connectivity index (χ0) is 15.5. The van der Waals surface area contributed by atoms with Crippen molar-refractivity contribution < 1.29 is 22.4 Å². The molecule has 1 heterocycles. The van der Waals surface area contributed by atoms with Crippen LogP contribution in [0.1, 0.15) is 35.2 Å². The number of benzene rings is 1. The van der Waals surface area contributed by atoms with Crippen LogP contribution >= 0.6 is 0 Å². The van der Waals surface area contributed by atoms with Crippen LogP contribution in [0.4, 0.5) is 17.6 Å². The molecule has 0 bridgehead atoms. The Balaban J connectivity index is 1.95. The SMILES string of the molecule is O=C(NCCC1CCCN1)c1ccc(F)c(C(F)(F)F)c1. The van der Waals surface area contributed by atoms with Gasteiger partial charge < -0.3 is 10.6 Å². The first-order valence-corrected chi connectivity index (χ1v) is 6.76. The number of carbonyl (C=O) groups excluding carboxylic acids is 1. The Labute approximate surface area is 119 Å². The summed E-state index contributed by atoms with van der Waals surface area (Å²) in [6, 6.07) is 2.59. The van der Waals surface area contributed by atoms with E-state index in [9.17, 15) is 22.4 Å². The van der Waals surface area contributed by atoms with Gasteiger partial charge in [-0.05, 0) is 44.0 Å². The zero-order valence-corrected chi connectivity index (χ0v) is 11.3. The molecule has 0 spiro atoms. The lowest BCUT2D eigenvalue weighted by molar-refractivity contribution is -0.140. The Bertz CT molecular complexity index is 510. The summed E-state index contributed by atoms with van der Waals surface area (Å²) < 4.78 is 50.8. The van der Waals surface area contributed by atoms with E-state index in [0.717, 1.165) is 31.9 Å². The molecule has 0 aliphatic carbocycles. The molecule has 1 saturated heterocycles. The minimum Gasteiger partial charge on any atom is -0.352 e. The number of hydrogen-bond acceptors (Lipinski definition) is 2. The average Bonchev–Trinajstić information content (AvgIpc) is 2.91. The lowest BCUT2D eigenvalue weighted by Gasteiger charge is -2.12. The van der Waals surface area contributed by atoms with Gasteiger partial charge in [0.15, 0.2) is 0 Å². The van der Waals surface area contributed by atoms with Crippen molar-refractivity contribution in [1.29, 1.82) is 0 Å². The molecule has 0 saturated carbocycles. The average molecular weight is 304 g/mol. The van der Waals surface area contributed by atoms with Crippen LogP contribution in [0.25, 0.3) is 0 Å². The summed E-state index contributed by atoms with van der Waals surface area (Å²) in [4.78, 5) is 11.8. The van der Waals surface area contributed by atoms with E-state index in [1.165, 1.54) is 0 Å². The third kappa shape index (κ3) is 4.17. The van der Waals surface area contributed by atoms with Gasteiger partial charge in [0.05, 0.1) is 5.56 Å². The lowest BCUT2D eigenvalue weighted by Crippen LogP contribution is -2.30. The molecule has 7 heteroatoms. The van der Waals surface area contributed by atoms with E-state index in [1.54, 1.807) is 0 Å². The van der Waals surface area contributed by atoms with Gasteiger partial charge in [0.1, 0.15) is 5.82 Å². The van der Waals surface area contributed by atoms with Gasteiger partial charge in [-0.15, -0.1) is 0 Å². The maximum absolute atomic E-state index is 13.1. The smallest absolute Gasteiger partial charge is 0.352 e. The summed E-state index contributed by atoms with van der Waals surface area (Å²) in [7, 11) is 0. The summed E-state index contributed by atoms with van der Waals surface area (Å²) in [6.07, 6.45) is -1.97. The first kappa shape index (κ1) is 15.8. The fourth-order valence-electron chi connectivity index (χ4n) is 2.35. The molecule has 3 nitrogen and oxygen atoms in total. The number of hydrogen-bond donors (Lipinski definition) is 2. The standard InChI is InChI=1S/C14H16F4N2O/c15-12-4-3-9(8-11(12)14(16,17)18)13(21)20-7-5-10-2-1-6-19-10/h3-4,8,10,19H,1-2,5-7H2,(H,20,21). The van der Waals surface area contributed by atoms with Gasteiger partial charge in [0.25, 0.3) is 5.91 Å². The number of nitrogens with one attached hydrogen (secondary N) is 2. The molecule has 1 amide bonds. The molecule has 116 valence electrons. The van der Waals surface area contributed by atoms with Crippen LogP contribution in [0, 0.1) is 5.82 Å². The fraction of sp³-hybridized carbons (Fsp3) is 0.500. The minimum absolute atomic E-state index is 0.192. The molecule has 1 atom stereocenters. The van der Waals surface area contributed by atoms with E-state index in [-0.39, 0.29) is 5.56 Å². The Morgan fingerprint density at radius 2 is 2.14 bits per heavy atom. The van der Waals surface area contributed by atoms with E-state index < -0.39 is 23.5 Å². The monoisotopic (exact) mass is 304 g/mol. The number of alkyl halides is 3. The third-order valence-corrected chi connectivity index (χ3v) is 3.47. The highest BCUT2D eigenvalue weighted by Gasteiger charge is 2.34. The highest BCUT2D eigenvalue weighted by molar-refractivity contribution is 5.94. The van der Waals surface area contributed by atoms with Gasteiger partial charge in [-0.3, -0.25) is 4.79 Å². The topological polar surface area (TPSA) is 41.1 Å². The molecule has 1 unspecified atom stereocenters. The normalized spacial score (nSPS) is 18.8. The van der Waals surface area contributed by atoms with Gasteiger partial charge in [-0.2, -0.15) is 13.2 Å². The summed E-state index contributed by atoms with van der Waals surface area (Å²) in [6.45, 7) is 1.32. The van der Waals surface area contributed by atoms with Gasteiger partial charge in [0.2, 0.25) is 0 Å². The van der Waals surface area contributed by atoms with E-state index in [0.29, 0.717) is 24.7 Å². The lowest BCUT2D eigenvalue weighted by atomic mass is 10.1. The van der Waals surface area contributed by atoms with Crippen molar-refractivity contribution in [3.05, 3.63) is 35.1 Å². The van der Waals surface area contributed by atoms with Gasteiger partial charge in [-0.1, -0.05) is 0 Å². The second-order valence-electron chi connectivity index (χ2n) is 5.03. The first-order valence-electron chi connectivity index (χ1n) is 6.76. The molecular formula is C14H16F4N2O. The predicted octanol–water partition coefficient (Wildman–Crippen LogP) is 2.72. The second-order valence-corrected chi connectivity index (χ2v) is 5.03. The Morgan fingerprint density at radius 3 is 2.76 bits per heavy atom. The first-order chi connectivity index (χ1) is 9.88. The van der Waals surface area contributed by atoms with Gasteiger partial charge >= 0.3 is 6.18 Å². The minimum atomic E-state index is -4.81. The molecular weight excluding hydrogens is 288 g/mol. The van der Waals surface area contributed by atoms with Crippen molar-refractivity contribution in [2.45, 2.75) is 31.5 Å². The molecule has 0 aromatic heterocycles. The van der Waals surface area contributed by atoms with Crippen molar-refractivity contribution in [2.75, 3.05) is 13.1 Å². The van der Waals surface area contributed by atoms with Crippen LogP contribution in [-0.2, 0) is 6.18 Å². The van der Waals surface area contributed by atoms with Crippen LogP contribution in [0.3, 0.4) is 0 Å². The van der Waals surface area contributed by atoms with Crippen LogP contribution in [0.5, 0.6) is 0 Å². The van der Waals surface area contributed by atoms with Crippen molar-refractivity contribution in [3.8, 4) is 0 Å². The van der Waals surface area contributed by atoms with Crippen molar-refractivity contribution in [2.24, 2.45) is 0 Å². The Morgan fingerprint density at radius 1 is 1.38 bits per heavy atom. The van der Waals surface area contributed by atoms with Crippen LogP contribution < -0.4 is 10.6 Å². The molecule has 2 N–H and O–H groups in total. The number of halogens is 4. The van der Waals surface area contributed by atoms with Crippen molar-refractivity contribution in [3.63, 3.8) is 0 Å². The summed E-state index contributed by atoms with van der Waals surface area (Å²) in [5, 5.41) is 5.81. The summed E-state index contributed by atoms with van der Waals surface area (Å²) in [5.74, 6) is -2.01. The van der Waals surface area contributed by atoms with Gasteiger partial charge in [0, 0.05) is 18.2 Å². The number of carbonyl (C=O) groups is 1. The number of rotatable bonds is 4. The van der Waals surface area contributed by atoms with Crippen molar-refractivity contribution in [1.82, 2.24) is 10.6 Å². The zero-order valence-electron chi connectivity index (χ0n) is 11.3. The van der Waals surface area contributed by atoms with E-state index in [2.05, 4.69) is 10.6 Å². The molecule has 21 heavy (non-hydrogen) atoms. The summed E-state index contributed by atoms with van der Waals surface area (Å²) >= 11 is 0. The molecule has 1 aromatic rings. The Kier molecular flexibility index (Phi) is 4.82. The Hall–Kier alpha value is -1.63. The van der Waals surface area contributed by atoms with Gasteiger partial charge in [-0.25, -0.2) is 4.39 Å². The fourth-order valence-corrected chi connectivity index (χ4v) is 2.35. The highest BCUT2D eigenvalue weighted by atomic mass is 19.4. The highest BCUT2D eigenvalue weighted by Crippen LogP contribution is 2.31. The molecule has 1 fully saturated rings. The van der Waals surface area contributed by atoms with Crippen LogP contribution in [-0.4, -0.2) is 25.0 Å². The second kappa shape index (κ2) is 6.43. The van der Waals surface area contributed by atoms with E-state index in [4.69, 9.17) is 0 Å². The largest absolute Gasteiger partial charge is 0.419 e. The molecule has 1 aliphatic heterocycles. The van der Waals surface area contributed by atoms with Crippen molar-refractivity contribution >= 4 is 5.91 Å². The third-order valence-electron chi connectivity index (χ3n) is 3.47. The summed E-state index contributed by atoms with van der Waals surface area (Å²) in [5.41, 5.74) is -1.62. The van der Waals surface area contributed by atoms with E-state index in [1.807, 2.05) is 0 Å². The molecule has 1 aromatic carbocycles. The predicted molar refractivity (Wildman–Crippen MR) is 69.4 cm³/mol. The molecule has 2 rings (SSSR count). The van der Waals surface area contributed by atoms with E-state index >= 15 is 0 Å². The van der Waals surface area contributed by atoms with Crippen LogP contribution in [0.15, 0.2) is 18.2 Å². The molecule has 0 radical (unpaired) electrons. The maximum atomic E-state index is 13.1. The maximum Gasteiger partial charge on any atom is 0.419 e. The molecule has 1 aliphatic rings. The quantitative estimate of drug-likeness (QED) is 0.840. The van der Waals surface area contributed by atoms with Crippen LogP contribution in [0.2, 0.25) is 0 Å². The number of amides is 1.